The number of furan rings is 1. The number of benzene rings is 8. The Morgan fingerprint density at radius 2 is 0.925 bits per heavy atom. The molecule has 8 aromatic carbocycles. The summed E-state index contributed by atoms with van der Waals surface area (Å²) in [6, 6.07) is 61.4. The summed E-state index contributed by atoms with van der Waals surface area (Å²) in [5.41, 5.74) is 9.43. The summed E-state index contributed by atoms with van der Waals surface area (Å²) in [6.45, 7) is 0. The topological polar surface area (TPSA) is 51.8 Å². The Hall–Kier alpha value is -7.17. The number of pyridine rings is 1. The van der Waals surface area contributed by atoms with Crippen molar-refractivity contribution in [1.82, 2.24) is 15.0 Å². The molecule has 0 aliphatic heterocycles. The monoisotopic (exact) mass is 675 g/mol. The molecule has 11 rings (SSSR count). The van der Waals surface area contributed by atoms with Crippen LogP contribution in [0.5, 0.6) is 0 Å². The minimum atomic E-state index is 0.692. The zero-order valence-corrected chi connectivity index (χ0v) is 28.5. The summed E-state index contributed by atoms with van der Waals surface area (Å²) >= 11 is 0. The number of hydrogen-bond acceptors (Lipinski definition) is 4. The SMILES string of the molecule is c1ccc2cc(-c3cc(-c4ccc(-c5nc6ccccc6c6c5ccc5c7ccccc7oc56)cc4)nc(-c4ccc5ccccc5c4)n3)ccc2c1. The Labute approximate surface area is 304 Å². The normalized spacial score (nSPS) is 11.8. The summed E-state index contributed by atoms with van der Waals surface area (Å²) in [6.07, 6.45) is 0. The molecule has 0 spiro atoms. The van der Waals surface area contributed by atoms with Crippen LogP contribution in [0.2, 0.25) is 0 Å². The molecule has 3 heterocycles. The number of para-hydroxylation sites is 2. The molecule has 0 bridgehead atoms. The van der Waals surface area contributed by atoms with Crippen LogP contribution in [-0.2, 0) is 0 Å². The van der Waals surface area contributed by atoms with Crippen LogP contribution in [-0.4, -0.2) is 15.0 Å². The first-order chi connectivity index (χ1) is 26.2. The van der Waals surface area contributed by atoms with E-state index in [4.69, 9.17) is 19.4 Å². The van der Waals surface area contributed by atoms with Crippen molar-refractivity contribution < 1.29 is 4.42 Å². The van der Waals surface area contributed by atoms with Crippen LogP contribution in [0.4, 0.5) is 0 Å². The Morgan fingerprint density at radius 3 is 1.70 bits per heavy atom. The second kappa shape index (κ2) is 11.7. The van der Waals surface area contributed by atoms with Gasteiger partial charge >= 0.3 is 0 Å². The van der Waals surface area contributed by atoms with Crippen molar-refractivity contribution in [2.75, 3.05) is 0 Å². The third-order valence-electron chi connectivity index (χ3n) is 10.4. The highest BCUT2D eigenvalue weighted by molar-refractivity contribution is 6.24. The molecule has 53 heavy (non-hydrogen) atoms. The van der Waals surface area contributed by atoms with Gasteiger partial charge in [0.1, 0.15) is 11.2 Å². The van der Waals surface area contributed by atoms with E-state index in [-0.39, 0.29) is 0 Å². The number of aromatic nitrogens is 3. The summed E-state index contributed by atoms with van der Waals surface area (Å²) in [5.74, 6) is 0.692. The van der Waals surface area contributed by atoms with E-state index in [2.05, 4.69) is 158 Å². The number of fused-ring (bicyclic) bond motifs is 9. The molecule has 0 saturated heterocycles. The maximum atomic E-state index is 6.54. The van der Waals surface area contributed by atoms with Crippen LogP contribution in [0.1, 0.15) is 0 Å². The second-order valence-electron chi connectivity index (χ2n) is 13.6. The van der Waals surface area contributed by atoms with E-state index in [1.54, 1.807) is 0 Å². The quantitative estimate of drug-likeness (QED) is 0.174. The molecule has 0 fully saturated rings. The Bertz CT molecular complexity index is 3140. The molecule has 0 aliphatic carbocycles. The van der Waals surface area contributed by atoms with Crippen LogP contribution in [0.15, 0.2) is 180 Å². The molecule has 0 radical (unpaired) electrons. The lowest BCUT2D eigenvalue weighted by Crippen LogP contribution is -1.96. The molecule has 0 amide bonds. The van der Waals surface area contributed by atoms with Gasteiger partial charge < -0.3 is 4.42 Å². The van der Waals surface area contributed by atoms with Gasteiger partial charge in [-0.1, -0.05) is 140 Å². The molecule has 0 aliphatic rings. The van der Waals surface area contributed by atoms with Gasteiger partial charge in [-0.3, -0.25) is 0 Å². The molecule has 246 valence electrons. The fourth-order valence-corrected chi connectivity index (χ4v) is 7.78. The molecule has 0 unspecified atom stereocenters. The third-order valence-corrected chi connectivity index (χ3v) is 10.4. The third kappa shape index (κ3) is 4.88. The average Bonchev–Trinajstić information content (AvgIpc) is 3.62. The Morgan fingerprint density at radius 1 is 0.358 bits per heavy atom. The molecule has 11 aromatic rings. The number of hydrogen-bond donors (Lipinski definition) is 0. The maximum Gasteiger partial charge on any atom is 0.160 e. The van der Waals surface area contributed by atoms with Crippen molar-refractivity contribution in [2.24, 2.45) is 0 Å². The van der Waals surface area contributed by atoms with Gasteiger partial charge in [0.25, 0.3) is 0 Å². The van der Waals surface area contributed by atoms with Crippen LogP contribution < -0.4 is 0 Å². The largest absolute Gasteiger partial charge is 0.455 e. The molecule has 0 N–H and O–H groups in total. The standard InChI is InChI=1S/C49H29N3O/c1-3-11-34-27-36(23-17-30(34)9-1)44-29-43(51-49(52-44)37-24-18-31-10-2-4-12-35(31)28-37)32-19-21-33(22-20-32)47-41-26-25-39-38-13-6-8-16-45(38)53-48(39)46(41)40-14-5-7-15-42(40)50-47/h1-29H. The first kappa shape index (κ1) is 29.5. The molecule has 3 aromatic heterocycles. The van der Waals surface area contributed by atoms with Gasteiger partial charge in [0, 0.05) is 49.2 Å². The van der Waals surface area contributed by atoms with Crippen LogP contribution in [0.3, 0.4) is 0 Å². The maximum absolute atomic E-state index is 6.54. The lowest BCUT2D eigenvalue weighted by atomic mass is 9.97. The lowest BCUT2D eigenvalue weighted by Gasteiger charge is -2.12. The molecule has 4 heteroatoms. The first-order valence-corrected chi connectivity index (χ1v) is 17.8. The lowest BCUT2D eigenvalue weighted by molar-refractivity contribution is 0.673. The molecule has 0 saturated carbocycles. The van der Waals surface area contributed by atoms with Crippen LogP contribution >= 0.6 is 0 Å². The zero-order chi connectivity index (χ0) is 34.9. The molecule has 4 nitrogen and oxygen atoms in total. The minimum absolute atomic E-state index is 0.692. The minimum Gasteiger partial charge on any atom is -0.455 e. The Kier molecular flexibility index (Phi) is 6.52. The first-order valence-electron chi connectivity index (χ1n) is 17.8. The van der Waals surface area contributed by atoms with Gasteiger partial charge in [-0.15, -0.1) is 0 Å². The molecular weight excluding hydrogens is 647 g/mol. The van der Waals surface area contributed by atoms with E-state index >= 15 is 0 Å². The van der Waals surface area contributed by atoms with Crippen LogP contribution in [0, 0.1) is 0 Å². The smallest absolute Gasteiger partial charge is 0.160 e. The highest BCUT2D eigenvalue weighted by Crippen LogP contribution is 2.41. The average molecular weight is 676 g/mol. The summed E-state index contributed by atoms with van der Waals surface area (Å²) in [5, 5.41) is 10.2. The van der Waals surface area contributed by atoms with E-state index in [1.165, 1.54) is 16.2 Å². The highest BCUT2D eigenvalue weighted by Gasteiger charge is 2.18. The predicted molar refractivity (Wildman–Crippen MR) is 219 cm³/mol. The zero-order valence-electron chi connectivity index (χ0n) is 28.5. The van der Waals surface area contributed by atoms with Crippen molar-refractivity contribution in [2.45, 2.75) is 0 Å². The van der Waals surface area contributed by atoms with E-state index in [0.717, 1.165) is 88.3 Å². The van der Waals surface area contributed by atoms with Gasteiger partial charge in [-0.25, -0.2) is 15.0 Å². The predicted octanol–water partition coefficient (Wildman–Crippen LogP) is 13.1. The fraction of sp³-hybridized carbons (Fsp3) is 0. The van der Waals surface area contributed by atoms with Crippen molar-refractivity contribution in [3.8, 4) is 45.2 Å². The highest BCUT2D eigenvalue weighted by atomic mass is 16.3. The van der Waals surface area contributed by atoms with Gasteiger partial charge in [0.15, 0.2) is 5.82 Å². The van der Waals surface area contributed by atoms with Crippen molar-refractivity contribution in [1.29, 1.82) is 0 Å². The van der Waals surface area contributed by atoms with Crippen molar-refractivity contribution >= 4 is 65.2 Å². The van der Waals surface area contributed by atoms with Gasteiger partial charge in [0.2, 0.25) is 0 Å². The van der Waals surface area contributed by atoms with Gasteiger partial charge in [0.05, 0.1) is 22.6 Å². The summed E-state index contributed by atoms with van der Waals surface area (Å²) in [4.78, 5) is 15.6. The summed E-state index contributed by atoms with van der Waals surface area (Å²) < 4.78 is 6.54. The Balaban J connectivity index is 1.07. The van der Waals surface area contributed by atoms with Gasteiger partial charge in [-0.2, -0.15) is 0 Å². The molecular formula is C49H29N3O. The number of rotatable bonds is 4. The van der Waals surface area contributed by atoms with Gasteiger partial charge in [-0.05, 0) is 57.9 Å². The molecule has 0 atom stereocenters. The second-order valence-corrected chi connectivity index (χ2v) is 13.6. The van der Waals surface area contributed by atoms with Crippen molar-refractivity contribution in [3.63, 3.8) is 0 Å². The van der Waals surface area contributed by atoms with Crippen molar-refractivity contribution in [3.05, 3.63) is 176 Å². The van der Waals surface area contributed by atoms with Crippen LogP contribution in [0.25, 0.3) is 110 Å². The van der Waals surface area contributed by atoms with E-state index < -0.39 is 0 Å². The van der Waals surface area contributed by atoms with E-state index in [1.807, 2.05) is 18.2 Å². The van der Waals surface area contributed by atoms with E-state index in [0.29, 0.717) is 5.82 Å². The number of nitrogens with zero attached hydrogens (tertiary/aromatic N) is 3. The fourth-order valence-electron chi connectivity index (χ4n) is 7.78. The van der Waals surface area contributed by atoms with E-state index in [9.17, 15) is 0 Å². The summed E-state index contributed by atoms with van der Waals surface area (Å²) in [7, 11) is 0.